The molecule has 106 valence electrons. The molecule has 1 heterocycles. The Hall–Kier alpha value is -1.33. The summed E-state index contributed by atoms with van der Waals surface area (Å²) >= 11 is 9.33. The Morgan fingerprint density at radius 3 is 2.85 bits per heavy atom. The SMILES string of the molecule is CCNc1ccc(Cl)c(COc2ccc(F)cc2Br)n1. The van der Waals surface area contributed by atoms with Gasteiger partial charge in [0.25, 0.3) is 0 Å². The van der Waals surface area contributed by atoms with Crippen LogP contribution in [0.2, 0.25) is 5.02 Å². The van der Waals surface area contributed by atoms with E-state index in [0.717, 1.165) is 12.4 Å². The van der Waals surface area contributed by atoms with E-state index in [1.165, 1.54) is 12.1 Å². The third-order valence-corrected chi connectivity index (χ3v) is 3.50. The zero-order chi connectivity index (χ0) is 14.5. The molecule has 0 saturated carbocycles. The molecule has 0 bridgehead atoms. The van der Waals surface area contributed by atoms with Crippen LogP contribution in [-0.4, -0.2) is 11.5 Å². The second kappa shape index (κ2) is 6.90. The van der Waals surface area contributed by atoms with Crippen LogP contribution in [0.5, 0.6) is 5.75 Å². The molecule has 2 rings (SSSR count). The molecule has 0 aliphatic carbocycles. The molecule has 0 radical (unpaired) electrons. The molecule has 0 fully saturated rings. The standard InChI is InChI=1S/C14H13BrClFN2O/c1-2-18-14-6-4-11(16)12(19-14)8-20-13-5-3-9(17)7-10(13)15/h3-7H,2,8H2,1H3,(H,18,19). The molecule has 0 amide bonds. The van der Waals surface area contributed by atoms with Gasteiger partial charge in [-0.1, -0.05) is 11.6 Å². The van der Waals surface area contributed by atoms with Crippen molar-refractivity contribution in [2.75, 3.05) is 11.9 Å². The summed E-state index contributed by atoms with van der Waals surface area (Å²) in [5.41, 5.74) is 0.626. The van der Waals surface area contributed by atoms with Gasteiger partial charge in [0.05, 0.1) is 15.2 Å². The smallest absolute Gasteiger partial charge is 0.134 e. The lowest BCUT2D eigenvalue weighted by atomic mass is 10.3. The lowest BCUT2D eigenvalue weighted by molar-refractivity contribution is 0.299. The van der Waals surface area contributed by atoms with E-state index in [1.807, 2.05) is 13.0 Å². The van der Waals surface area contributed by atoms with Crippen LogP contribution in [0.15, 0.2) is 34.8 Å². The summed E-state index contributed by atoms with van der Waals surface area (Å²) in [5, 5.41) is 3.64. The van der Waals surface area contributed by atoms with E-state index < -0.39 is 0 Å². The van der Waals surface area contributed by atoms with Gasteiger partial charge in [0.2, 0.25) is 0 Å². The van der Waals surface area contributed by atoms with Gasteiger partial charge in [-0.25, -0.2) is 9.37 Å². The maximum atomic E-state index is 13.0. The molecule has 0 atom stereocenters. The first-order valence-corrected chi connectivity index (χ1v) is 7.24. The van der Waals surface area contributed by atoms with E-state index in [2.05, 4.69) is 26.2 Å². The van der Waals surface area contributed by atoms with E-state index >= 15 is 0 Å². The van der Waals surface area contributed by atoms with Gasteiger partial charge in [-0.2, -0.15) is 0 Å². The zero-order valence-corrected chi connectivity index (χ0v) is 13.1. The van der Waals surface area contributed by atoms with Crippen molar-refractivity contribution >= 4 is 33.3 Å². The zero-order valence-electron chi connectivity index (χ0n) is 10.8. The van der Waals surface area contributed by atoms with Gasteiger partial charge < -0.3 is 10.1 Å². The molecule has 1 aromatic carbocycles. The predicted octanol–water partition coefficient (Wildman–Crippen LogP) is 4.65. The van der Waals surface area contributed by atoms with Gasteiger partial charge >= 0.3 is 0 Å². The van der Waals surface area contributed by atoms with Crippen LogP contribution in [0.3, 0.4) is 0 Å². The number of nitrogens with one attached hydrogen (secondary N) is 1. The number of aromatic nitrogens is 1. The van der Waals surface area contributed by atoms with Crippen LogP contribution in [-0.2, 0) is 6.61 Å². The summed E-state index contributed by atoms with van der Waals surface area (Å²) in [5.74, 6) is 0.960. The van der Waals surface area contributed by atoms with E-state index in [0.29, 0.717) is 20.9 Å². The van der Waals surface area contributed by atoms with E-state index in [-0.39, 0.29) is 12.4 Å². The normalized spacial score (nSPS) is 10.4. The second-order valence-electron chi connectivity index (χ2n) is 4.02. The monoisotopic (exact) mass is 358 g/mol. The van der Waals surface area contributed by atoms with Crippen molar-refractivity contribution in [3.8, 4) is 5.75 Å². The van der Waals surface area contributed by atoms with Gasteiger partial charge in [-0.15, -0.1) is 0 Å². The maximum Gasteiger partial charge on any atom is 0.134 e. The van der Waals surface area contributed by atoms with Crippen molar-refractivity contribution in [3.63, 3.8) is 0 Å². The molecule has 0 spiro atoms. The number of hydrogen-bond donors (Lipinski definition) is 1. The van der Waals surface area contributed by atoms with Crippen LogP contribution in [0.4, 0.5) is 10.2 Å². The average molecular weight is 360 g/mol. The summed E-state index contributed by atoms with van der Waals surface area (Å²) in [4.78, 5) is 4.37. The third-order valence-electron chi connectivity index (χ3n) is 2.53. The minimum Gasteiger partial charge on any atom is -0.486 e. The molecule has 3 nitrogen and oxygen atoms in total. The Morgan fingerprint density at radius 2 is 2.15 bits per heavy atom. The first kappa shape index (κ1) is 15.1. The van der Waals surface area contributed by atoms with Gasteiger partial charge in [0.1, 0.15) is 24.0 Å². The summed E-state index contributed by atoms with van der Waals surface area (Å²) in [6, 6.07) is 7.82. The van der Waals surface area contributed by atoms with Gasteiger partial charge in [-0.3, -0.25) is 0 Å². The molecule has 0 saturated heterocycles. The number of ether oxygens (including phenoxy) is 1. The van der Waals surface area contributed by atoms with Gasteiger partial charge in [0, 0.05) is 6.54 Å². The molecule has 0 aliphatic heterocycles. The van der Waals surface area contributed by atoms with Crippen LogP contribution < -0.4 is 10.1 Å². The van der Waals surface area contributed by atoms with E-state index in [4.69, 9.17) is 16.3 Å². The van der Waals surface area contributed by atoms with Crippen LogP contribution in [0.25, 0.3) is 0 Å². The van der Waals surface area contributed by atoms with Crippen molar-refractivity contribution in [3.05, 3.63) is 51.3 Å². The topological polar surface area (TPSA) is 34.1 Å². The Morgan fingerprint density at radius 1 is 1.35 bits per heavy atom. The Kier molecular flexibility index (Phi) is 5.20. The second-order valence-corrected chi connectivity index (χ2v) is 5.28. The van der Waals surface area contributed by atoms with Crippen molar-refractivity contribution < 1.29 is 9.13 Å². The minimum absolute atomic E-state index is 0.211. The number of pyridine rings is 1. The molecule has 0 aliphatic rings. The molecular formula is C14H13BrClFN2O. The molecule has 20 heavy (non-hydrogen) atoms. The average Bonchev–Trinajstić information content (AvgIpc) is 2.41. The first-order valence-electron chi connectivity index (χ1n) is 6.07. The highest BCUT2D eigenvalue weighted by Crippen LogP contribution is 2.27. The number of rotatable bonds is 5. The molecule has 6 heteroatoms. The number of anilines is 1. The molecule has 1 N–H and O–H groups in total. The Balaban J connectivity index is 2.11. The predicted molar refractivity (Wildman–Crippen MR) is 81.8 cm³/mol. The first-order chi connectivity index (χ1) is 9.60. The van der Waals surface area contributed by atoms with Crippen molar-refractivity contribution in [1.82, 2.24) is 4.98 Å². The van der Waals surface area contributed by atoms with Crippen LogP contribution in [0, 0.1) is 5.82 Å². The van der Waals surface area contributed by atoms with Gasteiger partial charge in [0.15, 0.2) is 0 Å². The largest absolute Gasteiger partial charge is 0.486 e. The Bertz CT molecular complexity index is 610. The van der Waals surface area contributed by atoms with E-state index in [9.17, 15) is 4.39 Å². The molecule has 0 unspecified atom stereocenters. The van der Waals surface area contributed by atoms with Crippen LogP contribution in [0.1, 0.15) is 12.6 Å². The fraction of sp³-hybridized carbons (Fsp3) is 0.214. The highest BCUT2D eigenvalue weighted by molar-refractivity contribution is 9.10. The van der Waals surface area contributed by atoms with Crippen LogP contribution >= 0.6 is 27.5 Å². The summed E-state index contributed by atoms with van der Waals surface area (Å²) < 4.78 is 19.1. The lowest BCUT2D eigenvalue weighted by Crippen LogP contribution is -2.04. The fourth-order valence-corrected chi connectivity index (χ4v) is 2.23. The quantitative estimate of drug-likeness (QED) is 0.844. The molecule has 1 aromatic heterocycles. The third kappa shape index (κ3) is 3.84. The molecular weight excluding hydrogens is 347 g/mol. The lowest BCUT2D eigenvalue weighted by Gasteiger charge is -2.10. The van der Waals surface area contributed by atoms with Crippen molar-refractivity contribution in [1.29, 1.82) is 0 Å². The number of hydrogen-bond acceptors (Lipinski definition) is 3. The summed E-state index contributed by atoms with van der Waals surface area (Å²) in [6.07, 6.45) is 0. The Labute approximate surface area is 130 Å². The molecule has 2 aromatic rings. The minimum atomic E-state index is -0.325. The summed E-state index contributed by atoms with van der Waals surface area (Å²) in [7, 11) is 0. The highest BCUT2D eigenvalue weighted by atomic mass is 79.9. The fourth-order valence-electron chi connectivity index (χ4n) is 1.60. The van der Waals surface area contributed by atoms with E-state index in [1.54, 1.807) is 12.1 Å². The number of nitrogens with zero attached hydrogens (tertiary/aromatic N) is 1. The van der Waals surface area contributed by atoms with Crippen molar-refractivity contribution in [2.24, 2.45) is 0 Å². The van der Waals surface area contributed by atoms with Crippen molar-refractivity contribution in [2.45, 2.75) is 13.5 Å². The van der Waals surface area contributed by atoms with Gasteiger partial charge in [-0.05, 0) is 53.2 Å². The maximum absolute atomic E-state index is 13.0. The summed E-state index contributed by atoms with van der Waals surface area (Å²) in [6.45, 7) is 2.98. The highest BCUT2D eigenvalue weighted by Gasteiger charge is 2.07. The number of halogens is 3. The number of benzene rings is 1.